The molecule has 0 saturated heterocycles. The SMILES string of the molecule is COc1cc2c(c3ccccc13)NCS2. The van der Waals surface area contributed by atoms with Crippen molar-refractivity contribution in [2.24, 2.45) is 0 Å². The lowest BCUT2D eigenvalue weighted by Gasteiger charge is -2.09. The third kappa shape index (κ3) is 1.27. The zero-order valence-electron chi connectivity index (χ0n) is 8.41. The summed E-state index contributed by atoms with van der Waals surface area (Å²) in [6, 6.07) is 10.4. The molecule has 0 spiro atoms. The molecular weight excluding hydrogens is 206 g/mol. The van der Waals surface area contributed by atoms with Crippen LogP contribution in [0.3, 0.4) is 0 Å². The first-order valence-electron chi connectivity index (χ1n) is 4.86. The van der Waals surface area contributed by atoms with Crippen molar-refractivity contribution in [3.63, 3.8) is 0 Å². The van der Waals surface area contributed by atoms with Gasteiger partial charge < -0.3 is 10.1 Å². The van der Waals surface area contributed by atoms with Crippen LogP contribution in [0.5, 0.6) is 5.75 Å². The molecule has 0 saturated carbocycles. The second kappa shape index (κ2) is 3.35. The zero-order valence-corrected chi connectivity index (χ0v) is 9.23. The van der Waals surface area contributed by atoms with Gasteiger partial charge in [-0.2, -0.15) is 0 Å². The van der Waals surface area contributed by atoms with E-state index >= 15 is 0 Å². The van der Waals surface area contributed by atoms with Crippen LogP contribution >= 0.6 is 11.8 Å². The van der Waals surface area contributed by atoms with Crippen LogP contribution in [0.25, 0.3) is 10.8 Å². The number of methoxy groups -OCH3 is 1. The number of ether oxygens (including phenoxy) is 1. The Balaban J connectivity index is 2.41. The van der Waals surface area contributed by atoms with Crippen molar-refractivity contribution >= 4 is 28.2 Å². The van der Waals surface area contributed by atoms with Crippen LogP contribution in [0, 0.1) is 0 Å². The van der Waals surface area contributed by atoms with Gasteiger partial charge in [0, 0.05) is 15.7 Å². The Morgan fingerprint density at radius 3 is 2.87 bits per heavy atom. The summed E-state index contributed by atoms with van der Waals surface area (Å²) >= 11 is 1.82. The standard InChI is InChI=1S/C12H11NOS/c1-14-10-6-11-12(13-7-15-11)9-5-3-2-4-8(9)10/h2-6,13H,7H2,1H3. The molecule has 2 nitrogen and oxygen atoms in total. The van der Waals surface area contributed by atoms with Gasteiger partial charge in [0.2, 0.25) is 0 Å². The van der Waals surface area contributed by atoms with E-state index < -0.39 is 0 Å². The van der Waals surface area contributed by atoms with Crippen LogP contribution in [-0.4, -0.2) is 13.0 Å². The van der Waals surface area contributed by atoms with Gasteiger partial charge in [-0.25, -0.2) is 0 Å². The van der Waals surface area contributed by atoms with Gasteiger partial charge in [-0.3, -0.25) is 0 Å². The van der Waals surface area contributed by atoms with E-state index in [4.69, 9.17) is 4.74 Å². The minimum absolute atomic E-state index is 0.951. The summed E-state index contributed by atoms with van der Waals surface area (Å²) in [4.78, 5) is 1.28. The number of hydrogen-bond donors (Lipinski definition) is 1. The van der Waals surface area contributed by atoms with Crippen molar-refractivity contribution < 1.29 is 4.74 Å². The van der Waals surface area contributed by atoms with E-state index in [0.29, 0.717) is 0 Å². The van der Waals surface area contributed by atoms with E-state index in [1.54, 1.807) is 7.11 Å². The molecule has 2 aromatic rings. The van der Waals surface area contributed by atoms with Crippen LogP contribution in [0.15, 0.2) is 35.2 Å². The van der Waals surface area contributed by atoms with E-state index in [9.17, 15) is 0 Å². The highest BCUT2D eigenvalue weighted by Gasteiger charge is 2.16. The second-order valence-corrected chi connectivity index (χ2v) is 4.48. The Hall–Kier alpha value is -1.35. The Labute approximate surface area is 92.6 Å². The van der Waals surface area contributed by atoms with Gasteiger partial charge in [-0.1, -0.05) is 24.3 Å². The maximum absolute atomic E-state index is 5.41. The zero-order chi connectivity index (χ0) is 10.3. The summed E-state index contributed by atoms with van der Waals surface area (Å²) in [7, 11) is 1.72. The average molecular weight is 217 g/mol. The smallest absolute Gasteiger partial charge is 0.127 e. The average Bonchev–Trinajstić information content (AvgIpc) is 2.76. The largest absolute Gasteiger partial charge is 0.496 e. The minimum atomic E-state index is 0.951. The molecule has 0 aromatic heterocycles. The van der Waals surface area contributed by atoms with Gasteiger partial charge in [0.15, 0.2) is 0 Å². The van der Waals surface area contributed by atoms with Crippen LogP contribution < -0.4 is 10.1 Å². The summed E-state index contributed by atoms with van der Waals surface area (Å²) in [5, 5.41) is 5.82. The number of nitrogens with one attached hydrogen (secondary N) is 1. The molecule has 1 aliphatic rings. The molecular formula is C12H11NOS. The molecule has 0 unspecified atom stereocenters. The van der Waals surface area contributed by atoms with Gasteiger partial charge >= 0.3 is 0 Å². The van der Waals surface area contributed by atoms with Crippen LogP contribution in [-0.2, 0) is 0 Å². The van der Waals surface area contributed by atoms with E-state index in [0.717, 1.165) is 11.6 Å². The lowest BCUT2D eigenvalue weighted by Crippen LogP contribution is -1.91. The summed E-state index contributed by atoms with van der Waals surface area (Å²) in [5.74, 6) is 1.91. The number of anilines is 1. The Kier molecular flexibility index (Phi) is 1.99. The number of benzene rings is 2. The van der Waals surface area contributed by atoms with Crippen molar-refractivity contribution in [1.29, 1.82) is 0 Å². The molecule has 1 heterocycles. The maximum Gasteiger partial charge on any atom is 0.127 e. The van der Waals surface area contributed by atoms with Crippen LogP contribution in [0.4, 0.5) is 5.69 Å². The first-order valence-corrected chi connectivity index (χ1v) is 5.85. The van der Waals surface area contributed by atoms with Gasteiger partial charge in [-0.15, -0.1) is 11.8 Å². The van der Waals surface area contributed by atoms with E-state index in [1.807, 2.05) is 17.8 Å². The molecule has 3 rings (SSSR count). The van der Waals surface area contributed by atoms with Crippen LogP contribution in [0.2, 0.25) is 0 Å². The molecule has 0 amide bonds. The van der Waals surface area contributed by atoms with Crippen molar-refractivity contribution in [1.82, 2.24) is 0 Å². The topological polar surface area (TPSA) is 21.3 Å². The number of rotatable bonds is 1. The molecule has 0 aliphatic carbocycles. The highest BCUT2D eigenvalue weighted by Crippen LogP contribution is 2.43. The van der Waals surface area contributed by atoms with Gasteiger partial charge in [-0.05, 0) is 6.07 Å². The number of fused-ring (bicyclic) bond motifs is 3. The Bertz CT molecular complexity index is 524. The quantitative estimate of drug-likeness (QED) is 0.791. The van der Waals surface area contributed by atoms with E-state index in [-0.39, 0.29) is 0 Å². The lowest BCUT2D eigenvalue weighted by molar-refractivity contribution is 0.419. The molecule has 0 atom stereocenters. The fourth-order valence-corrected chi connectivity index (χ4v) is 2.86. The molecule has 0 radical (unpaired) electrons. The molecule has 2 aromatic carbocycles. The first-order chi connectivity index (χ1) is 7.40. The van der Waals surface area contributed by atoms with Crippen molar-refractivity contribution in [3.05, 3.63) is 30.3 Å². The predicted molar refractivity (Wildman–Crippen MR) is 64.8 cm³/mol. The molecule has 76 valence electrons. The summed E-state index contributed by atoms with van der Waals surface area (Å²) in [6.45, 7) is 0. The molecule has 3 heteroatoms. The van der Waals surface area contributed by atoms with Crippen molar-refractivity contribution in [2.45, 2.75) is 4.90 Å². The molecule has 1 N–H and O–H groups in total. The van der Waals surface area contributed by atoms with E-state index in [2.05, 4.69) is 29.6 Å². The fraction of sp³-hybridized carbons (Fsp3) is 0.167. The summed E-state index contributed by atoms with van der Waals surface area (Å²) in [6.07, 6.45) is 0. The van der Waals surface area contributed by atoms with Crippen molar-refractivity contribution in [2.75, 3.05) is 18.3 Å². The molecule has 1 aliphatic heterocycles. The van der Waals surface area contributed by atoms with Gasteiger partial charge in [0.1, 0.15) is 5.75 Å². The lowest BCUT2D eigenvalue weighted by atomic mass is 10.1. The second-order valence-electron chi connectivity index (χ2n) is 3.46. The summed E-state index contributed by atoms with van der Waals surface area (Å²) < 4.78 is 5.41. The molecule has 15 heavy (non-hydrogen) atoms. The monoisotopic (exact) mass is 217 g/mol. The summed E-state index contributed by atoms with van der Waals surface area (Å²) in [5.41, 5.74) is 1.25. The normalized spacial score (nSPS) is 13.7. The predicted octanol–water partition coefficient (Wildman–Crippen LogP) is 3.32. The van der Waals surface area contributed by atoms with Crippen LogP contribution in [0.1, 0.15) is 0 Å². The molecule has 0 fully saturated rings. The first kappa shape index (κ1) is 8.92. The van der Waals surface area contributed by atoms with Gasteiger partial charge in [0.25, 0.3) is 0 Å². The van der Waals surface area contributed by atoms with E-state index in [1.165, 1.54) is 21.4 Å². The number of hydrogen-bond acceptors (Lipinski definition) is 3. The Morgan fingerprint density at radius 2 is 2.07 bits per heavy atom. The minimum Gasteiger partial charge on any atom is -0.496 e. The Morgan fingerprint density at radius 1 is 1.27 bits per heavy atom. The maximum atomic E-state index is 5.41. The fourth-order valence-electron chi connectivity index (χ4n) is 1.97. The highest BCUT2D eigenvalue weighted by molar-refractivity contribution is 7.99. The molecule has 0 bridgehead atoms. The van der Waals surface area contributed by atoms with Gasteiger partial charge in [0.05, 0.1) is 18.7 Å². The third-order valence-corrected chi connectivity index (χ3v) is 3.59. The van der Waals surface area contributed by atoms with Crippen molar-refractivity contribution in [3.8, 4) is 5.75 Å². The number of thioether (sulfide) groups is 1. The third-order valence-electron chi connectivity index (χ3n) is 2.67. The highest BCUT2D eigenvalue weighted by atomic mass is 32.2.